The van der Waals surface area contributed by atoms with Crippen LogP contribution in [-0.2, 0) is 0 Å². The SMILES string of the molecule is c1ccc(-c2cccc(-c3c4ccccc4n4ccc5c6ccccc6[nH]c5c34)c2)cc1. The topological polar surface area (TPSA) is 20.2 Å². The molecular weight excluding hydrogens is 388 g/mol. The van der Waals surface area contributed by atoms with Crippen LogP contribution in [0.15, 0.2) is 115 Å². The summed E-state index contributed by atoms with van der Waals surface area (Å²) in [5.41, 5.74) is 9.78. The molecule has 0 bridgehead atoms. The van der Waals surface area contributed by atoms with Gasteiger partial charge in [-0.25, -0.2) is 0 Å². The Balaban J connectivity index is 1.63. The first-order chi connectivity index (χ1) is 15.9. The van der Waals surface area contributed by atoms with E-state index < -0.39 is 0 Å². The smallest absolute Gasteiger partial charge is 0.0784 e. The lowest BCUT2D eigenvalue weighted by atomic mass is 9.97. The zero-order chi connectivity index (χ0) is 21.1. The molecular formula is C30H20N2. The summed E-state index contributed by atoms with van der Waals surface area (Å²) >= 11 is 0. The Hall–Kier alpha value is -4.30. The van der Waals surface area contributed by atoms with Gasteiger partial charge in [0.05, 0.1) is 16.6 Å². The summed E-state index contributed by atoms with van der Waals surface area (Å²) in [7, 11) is 0. The van der Waals surface area contributed by atoms with Crippen LogP contribution in [-0.4, -0.2) is 9.38 Å². The van der Waals surface area contributed by atoms with Gasteiger partial charge in [0.1, 0.15) is 0 Å². The number of H-pyrrole nitrogens is 1. The summed E-state index contributed by atoms with van der Waals surface area (Å²) in [5.74, 6) is 0. The molecule has 3 heterocycles. The van der Waals surface area contributed by atoms with E-state index in [1.165, 1.54) is 60.5 Å². The van der Waals surface area contributed by atoms with E-state index in [2.05, 4.69) is 125 Å². The molecule has 0 saturated carbocycles. The van der Waals surface area contributed by atoms with Crippen molar-refractivity contribution in [3.63, 3.8) is 0 Å². The van der Waals surface area contributed by atoms with Gasteiger partial charge in [-0.2, -0.15) is 0 Å². The molecule has 150 valence electrons. The minimum Gasteiger partial charge on any atom is -0.353 e. The maximum absolute atomic E-state index is 3.72. The number of hydrogen-bond donors (Lipinski definition) is 1. The molecule has 0 aliphatic rings. The van der Waals surface area contributed by atoms with Crippen molar-refractivity contribution in [1.29, 1.82) is 0 Å². The molecule has 7 rings (SSSR count). The van der Waals surface area contributed by atoms with Crippen molar-refractivity contribution >= 4 is 38.2 Å². The Morgan fingerprint density at radius 2 is 1.25 bits per heavy atom. The standard InChI is InChI=1S/C30H20N2/c1-2-9-20(10-3-1)21-11-8-12-22(19-21)28-25-14-5-7-16-27(25)32-18-17-24-23-13-4-6-15-26(23)31-29(24)30(28)32/h1-19,31H. The van der Waals surface area contributed by atoms with Crippen molar-refractivity contribution in [2.45, 2.75) is 0 Å². The number of aromatic amines is 1. The van der Waals surface area contributed by atoms with Gasteiger partial charge in [-0.15, -0.1) is 0 Å². The van der Waals surface area contributed by atoms with Gasteiger partial charge in [-0.1, -0.05) is 84.9 Å². The molecule has 2 heteroatoms. The normalized spacial score (nSPS) is 11.8. The summed E-state index contributed by atoms with van der Waals surface area (Å²) < 4.78 is 2.33. The summed E-state index contributed by atoms with van der Waals surface area (Å²) in [6.45, 7) is 0. The van der Waals surface area contributed by atoms with Crippen LogP contribution in [0.3, 0.4) is 0 Å². The number of aromatic nitrogens is 2. The molecule has 0 spiro atoms. The fourth-order valence-electron chi connectivity index (χ4n) is 5.11. The van der Waals surface area contributed by atoms with Crippen molar-refractivity contribution in [3.05, 3.63) is 115 Å². The van der Waals surface area contributed by atoms with E-state index in [0.717, 1.165) is 0 Å². The molecule has 0 aliphatic carbocycles. The minimum atomic E-state index is 1.17. The Kier molecular flexibility index (Phi) is 3.58. The summed E-state index contributed by atoms with van der Waals surface area (Å²) in [6.07, 6.45) is 2.21. The fraction of sp³-hybridized carbons (Fsp3) is 0. The van der Waals surface area contributed by atoms with Crippen LogP contribution in [0.2, 0.25) is 0 Å². The van der Waals surface area contributed by atoms with Gasteiger partial charge < -0.3 is 9.38 Å². The first kappa shape index (κ1) is 17.4. The van der Waals surface area contributed by atoms with Crippen LogP contribution >= 0.6 is 0 Å². The van der Waals surface area contributed by atoms with Crippen LogP contribution in [0, 0.1) is 0 Å². The van der Waals surface area contributed by atoms with E-state index in [0.29, 0.717) is 0 Å². The summed E-state index contributed by atoms with van der Waals surface area (Å²) in [4.78, 5) is 3.72. The number of rotatable bonds is 2. The van der Waals surface area contributed by atoms with Crippen molar-refractivity contribution in [2.75, 3.05) is 0 Å². The van der Waals surface area contributed by atoms with E-state index in [1.54, 1.807) is 0 Å². The van der Waals surface area contributed by atoms with Crippen molar-refractivity contribution < 1.29 is 0 Å². The third-order valence-corrected chi connectivity index (χ3v) is 6.54. The largest absolute Gasteiger partial charge is 0.353 e. The van der Waals surface area contributed by atoms with Crippen LogP contribution in [0.25, 0.3) is 60.5 Å². The van der Waals surface area contributed by atoms with E-state index in [1.807, 2.05) is 0 Å². The predicted octanol–water partition coefficient (Wildman–Crippen LogP) is 8.06. The lowest BCUT2D eigenvalue weighted by molar-refractivity contribution is 1.27. The number of fused-ring (bicyclic) bond motifs is 7. The molecule has 0 radical (unpaired) electrons. The van der Waals surface area contributed by atoms with E-state index in [-0.39, 0.29) is 0 Å². The number of pyridine rings is 1. The highest BCUT2D eigenvalue weighted by molar-refractivity contribution is 6.19. The van der Waals surface area contributed by atoms with Crippen LogP contribution < -0.4 is 0 Å². The number of para-hydroxylation sites is 2. The van der Waals surface area contributed by atoms with Gasteiger partial charge >= 0.3 is 0 Å². The third-order valence-electron chi connectivity index (χ3n) is 6.54. The van der Waals surface area contributed by atoms with E-state index >= 15 is 0 Å². The van der Waals surface area contributed by atoms with Gasteiger partial charge in [0, 0.05) is 33.4 Å². The Morgan fingerprint density at radius 1 is 0.531 bits per heavy atom. The molecule has 3 aromatic heterocycles. The average Bonchev–Trinajstić information content (AvgIpc) is 3.41. The summed E-state index contributed by atoms with van der Waals surface area (Å²) in [6, 6.07) is 39.0. The first-order valence-corrected chi connectivity index (χ1v) is 11.0. The van der Waals surface area contributed by atoms with Crippen molar-refractivity contribution in [2.24, 2.45) is 0 Å². The molecule has 0 saturated heterocycles. The monoisotopic (exact) mass is 408 g/mol. The van der Waals surface area contributed by atoms with Gasteiger partial charge in [0.2, 0.25) is 0 Å². The maximum atomic E-state index is 3.72. The fourth-order valence-corrected chi connectivity index (χ4v) is 5.11. The highest BCUT2D eigenvalue weighted by atomic mass is 14.9. The molecule has 32 heavy (non-hydrogen) atoms. The van der Waals surface area contributed by atoms with Crippen LogP contribution in [0.4, 0.5) is 0 Å². The third kappa shape index (κ3) is 2.41. The van der Waals surface area contributed by atoms with E-state index in [4.69, 9.17) is 0 Å². The highest BCUT2D eigenvalue weighted by Gasteiger charge is 2.18. The Labute approximate surface area is 185 Å². The molecule has 1 N–H and O–H groups in total. The zero-order valence-electron chi connectivity index (χ0n) is 17.4. The Bertz CT molecular complexity index is 1770. The minimum absolute atomic E-state index is 1.17. The van der Waals surface area contributed by atoms with Crippen molar-refractivity contribution in [1.82, 2.24) is 9.38 Å². The summed E-state index contributed by atoms with van der Waals surface area (Å²) in [5, 5.41) is 3.79. The number of benzene rings is 4. The van der Waals surface area contributed by atoms with Gasteiger partial charge in [-0.05, 0) is 41.0 Å². The van der Waals surface area contributed by atoms with Crippen LogP contribution in [0.5, 0.6) is 0 Å². The predicted molar refractivity (Wildman–Crippen MR) is 135 cm³/mol. The molecule has 0 unspecified atom stereocenters. The lowest BCUT2D eigenvalue weighted by Gasteiger charge is -2.07. The van der Waals surface area contributed by atoms with Gasteiger partial charge in [-0.3, -0.25) is 0 Å². The second kappa shape index (κ2) is 6.60. The molecule has 7 aromatic rings. The molecule has 0 amide bonds. The highest BCUT2D eigenvalue weighted by Crippen LogP contribution is 2.41. The average molecular weight is 409 g/mol. The second-order valence-corrected chi connectivity index (χ2v) is 8.33. The number of nitrogens with one attached hydrogen (secondary N) is 1. The number of nitrogens with zero attached hydrogens (tertiary/aromatic N) is 1. The van der Waals surface area contributed by atoms with Gasteiger partial charge in [0.25, 0.3) is 0 Å². The lowest BCUT2D eigenvalue weighted by Crippen LogP contribution is -1.86. The van der Waals surface area contributed by atoms with Gasteiger partial charge in [0.15, 0.2) is 0 Å². The molecule has 4 aromatic carbocycles. The molecule has 0 atom stereocenters. The molecule has 0 aliphatic heterocycles. The zero-order valence-corrected chi connectivity index (χ0v) is 17.4. The second-order valence-electron chi connectivity index (χ2n) is 8.33. The maximum Gasteiger partial charge on any atom is 0.0784 e. The quantitative estimate of drug-likeness (QED) is 0.298. The Morgan fingerprint density at radius 3 is 2.16 bits per heavy atom. The number of hydrogen-bond acceptors (Lipinski definition) is 0. The first-order valence-electron chi connectivity index (χ1n) is 11.0. The molecule has 0 fully saturated rings. The molecule has 2 nitrogen and oxygen atoms in total. The van der Waals surface area contributed by atoms with E-state index in [9.17, 15) is 0 Å². The van der Waals surface area contributed by atoms with Crippen molar-refractivity contribution in [3.8, 4) is 22.3 Å². The van der Waals surface area contributed by atoms with Crippen LogP contribution in [0.1, 0.15) is 0 Å².